The fraction of sp³-hybridized carbons (Fsp3) is 0.100. The van der Waals surface area contributed by atoms with Crippen molar-refractivity contribution >= 4 is 38.9 Å². The van der Waals surface area contributed by atoms with Crippen molar-refractivity contribution in [1.82, 2.24) is 15.3 Å². The van der Waals surface area contributed by atoms with E-state index in [0.717, 1.165) is 35.1 Å². The fourth-order valence-electron chi connectivity index (χ4n) is 6.69. The molecule has 2 aliphatic heterocycles. The molecular weight excluding hydrogens is 552 g/mol. The Hall–Kier alpha value is -5.52. The van der Waals surface area contributed by atoms with Gasteiger partial charge in [0.05, 0.1) is 22.8 Å². The summed E-state index contributed by atoms with van der Waals surface area (Å²) in [6, 6.07) is 42.8. The molecule has 45 heavy (non-hydrogen) atoms. The van der Waals surface area contributed by atoms with Crippen LogP contribution in [0.15, 0.2) is 145 Å². The molecular formula is C40H34N4O. The number of nitrogens with zero attached hydrogens (tertiary/aromatic N) is 2. The zero-order valence-electron chi connectivity index (χ0n) is 25.4. The summed E-state index contributed by atoms with van der Waals surface area (Å²) in [7, 11) is 0. The van der Waals surface area contributed by atoms with E-state index >= 15 is 0 Å². The van der Waals surface area contributed by atoms with Crippen LogP contribution in [-0.4, -0.2) is 17.2 Å². The Morgan fingerprint density at radius 1 is 0.689 bits per heavy atom. The average Bonchev–Trinajstić information content (AvgIpc) is 3.58. The monoisotopic (exact) mass is 586 g/mol. The lowest BCUT2D eigenvalue weighted by atomic mass is 9.96. The molecule has 0 fully saturated rings. The number of allylic oxidation sites excluding steroid dienone is 3. The van der Waals surface area contributed by atoms with Crippen LogP contribution in [0, 0.1) is 0 Å². The third-order valence-corrected chi connectivity index (χ3v) is 8.77. The lowest BCUT2D eigenvalue weighted by molar-refractivity contribution is 0.483. The first-order valence-corrected chi connectivity index (χ1v) is 15.5. The molecule has 5 nitrogen and oxygen atoms in total. The van der Waals surface area contributed by atoms with Crippen LogP contribution in [0.3, 0.4) is 0 Å². The Morgan fingerprint density at radius 3 is 2.24 bits per heavy atom. The molecule has 5 heteroatoms. The van der Waals surface area contributed by atoms with Crippen molar-refractivity contribution in [3.05, 3.63) is 151 Å². The maximum atomic E-state index is 6.52. The average molecular weight is 587 g/mol. The summed E-state index contributed by atoms with van der Waals surface area (Å²) in [6.07, 6.45) is 6.35. The van der Waals surface area contributed by atoms with Gasteiger partial charge >= 0.3 is 0 Å². The van der Waals surface area contributed by atoms with Gasteiger partial charge in [-0.3, -0.25) is 9.58 Å². The van der Waals surface area contributed by atoms with Gasteiger partial charge in [0, 0.05) is 35.1 Å². The number of para-hydroxylation sites is 1. The predicted octanol–water partition coefficient (Wildman–Crippen LogP) is 9.36. The topological polar surface area (TPSA) is 41.5 Å². The van der Waals surface area contributed by atoms with E-state index in [9.17, 15) is 0 Å². The van der Waals surface area contributed by atoms with Crippen LogP contribution < -0.4 is 20.5 Å². The van der Waals surface area contributed by atoms with Gasteiger partial charge in [-0.05, 0) is 72.5 Å². The lowest BCUT2D eigenvalue weighted by Gasteiger charge is -2.22. The molecule has 2 aliphatic rings. The normalized spacial score (nSPS) is 16.4. The van der Waals surface area contributed by atoms with Crippen molar-refractivity contribution in [3.8, 4) is 22.6 Å². The van der Waals surface area contributed by atoms with E-state index in [0.29, 0.717) is 0 Å². The summed E-state index contributed by atoms with van der Waals surface area (Å²) in [5.74, 6) is 2.64. The van der Waals surface area contributed by atoms with Crippen LogP contribution in [0.4, 0.5) is 5.69 Å². The molecule has 8 rings (SSSR count). The van der Waals surface area contributed by atoms with Crippen molar-refractivity contribution in [2.75, 3.05) is 11.6 Å². The van der Waals surface area contributed by atoms with E-state index in [-0.39, 0.29) is 6.04 Å². The van der Waals surface area contributed by atoms with E-state index < -0.39 is 0 Å². The van der Waals surface area contributed by atoms with Gasteiger partial charge in [-0.2, -0.15) is 0 Å². The maximum Gasteiger partial charge on any atom is 0.129 e. The van der Waals surface area contributed by atoms with E-state index in [1.165, 1.54) is 44.2 Å². The molecule has 2 N–H and O–H groups in total. The van der Waals surface area contributed by atoms with Gasteiger partial charge in [-0.15, -0.1) is 0 Å². The second kappa shape index (κ2) is 11.2. The van der Waals surface area contributed by atoms with Crippen LogP contribution in [0.5, 0.6) is 11.5 Å². The molecule has 1 unspecified atom stereocenters. The highest BCUT2D eigenvalue weighted by atomic mass is 16.5. The van der Waals surface area contributed by atoms with Crippen LogP contribution in [0.25, 0.3) is 44.3 Å². The first-order chi connectivity index (χ1) is 22.1. The van der Waals surface area contributed by atoms with E-state index in [1.54, 1.807) is 0 Å². The van der Waals surface area contributed by atoms with Gasteiger partial charge in [0.2, 0.25) is 0 Å². The number of rotatable bonds is 6. The van der Waals surface area contributed by atoms with Crippen molar-refractivity contribution in [1.29, 1.82) is 0 Å². The van der Waals surface area contributed by atoms with Crippen LogP contribution in [0.1, 0.15) is 19.4 Å². The van der Waals surface area contributed by atoms with Crippen molar-refractivity contribution in [3.63, 3.8) is 0 Å². The zero-order chi connectivity index (χ0) is 30.3. The minimum absolute atomic E-state index is 0.166. The number of dihydropyridines is 1. The quantitative estimate of drug-likeness (QED) is 0.204. The number of fused-ring (bicyclic) bond motifs is 3. The Labute approximate surface area is 263 Å². The fourth-order valence-corrected chi connectivity index (χ4v) is 6.69. The zero-order valence-corrected chi connectivity index (χ0v) is 25.4. The van der Waals surface area contributed by atoms with Gasteiger partial charge in [-0.1, -0.05) is 91.0 Å². The lowest BCUT2D eigenvalue weighted by Crippen LogP contribution is -2.35. The summed E-state index contributed by atoms with van der Waals surface area (Å²) < 4.78 is 8.80. The van der Waals surface area contributed by atoms with Crippen LogP contribution in [0.2, 0.25) is 0 Å². The van der Waals surface area contributed by atoms with Crippen molar-refractivity contribution in [2.24, 2.45) is 0 Å². The third kappa shape index (κ3) is 4.88. The highest BCUT2D eigenvalue weighted by Gasteiger charge is 2.28. The molecule has 3 heterocycles. The number of ether oxygens (including phenoxy) is 1. The molecule has 0 aliphatic carbocycles. The van der Waals surface area contributed by atoms with Gasteiger partial charge in [0.15, 0.2) is 0 Å². The highest BCUT2D eigenvalue weighted by Crippen LogP contribution is 2.38. The number of hydrogen-bond acceptors (Lipinski definition) is 4. The molecule has 0 spiro atoms. The Bertz CT molecular complexity index is 2140. The Kier molecular flexibility index (Phi) is 6.73. The molecule has 0 amide bonds. The minimum atomic E-state index is 0.166. The van der Waals surface area contributed by atoms with E-state index in [1.807, 2.05) is 6.07 Å². The summed E-state index contributed by atoms with van der Waals surface area (Å²) in [6.45, 7) is 5.20. The largest absolute Gasteiger partial charge is 0.457 e. The number of nitrogens with one attached hydrogen (secondary N) is 2. The first kappa shape index (κ1) is 27.1. The smallest absolute Gasteiger partial charge is 0.129 e. The van der Waals surface area contributed by atoms with Crippen molar-refractivity contribution < 1.29 is 4.74 Å². The van der Waals surface area contributed by atoms with Crippen LogP contribution in [-0.2, 0) is 0 Å². The number of aromatic nitrogens is 1. The Balaban J connectivity index is 1.09. The first-order valence-electron chi connectivity index (χ1n) is 15.5. The van der Waals surface area contributed by atoms with Crippen LogP contribution >= 0.6 is 0 Å². The predicted molar refractivity (Wildman–Crippen MR) is 187 cm³/mol. The molecule has 5 aromatic carbocycles. The summed E-state index contributed by atoms with van der Waals surface area (Å²) in [5.41, 5.74) is 13.1. The SMILES string of the molecule is CC1=C(c2ccc(-c3ccccc3)cc2)C(C)NN1c1cccc(Oc2ccc3c4ccccc4n(C4=CC=CCN4)c3c2)c1. The standard InChI is InChI=1S/C40H34N4O/c1-27-40(31-20-18-30(19-21-31)29-11-4-3-5-12-29)28(2)44(42-27)32-13-10-14-33(25-32)45-34-22-23-36-35-15-6-7-16-37(35)43(38(36)26-34)39-17-8-9-24-41-39/h3-23,25-27,41-42H,24H2,1-2H3. The Morgan fingerprint density at radius 2 is 1.42 bits per heavy atom. The number of benzene rings is 5. The number of anilines is 1. The second-order valence-corrected chi connectivity index (χ2v) is 11.6. The van der Waals surface area contributed by atoms with Gasteiger partial charge < -0.3 is 10.1 Å². The van der Waals surface area contributed by atoms with E-state index in [4.69, 9.17) is 4.74 Å². The molecule has 1 atom stereocenters. The van der Waals surface area contributed by atoms with Gasteiger partial charge in [0.25, 0.3) is 0 Å². The maximum absolute atomic E-state index is 6.52. The van der Waals surface area contributed by atoms with Gasteiger partial charge in [-0.25, -0.2) is 5.43 Å². The van der Waals surface area contributed by atoms with E-state index in [2.05, 4.69) is 168 Å². The number of hydrazine groups is 1. The van der Waals surface area contributed by atoms with Crippen molar-refractivity contribution in [2.45, 2.75) is 19.9 Å². The molecule has 0 bridgehead atoms. The summed E-state index contributed by atoms with van der Waals surface area (Å²) in [4.78, 5) is 0. The molecule has 0 saturated heterocycles. The molecule has 1 aromatic heterocycles. The molecule has 0 radical (unpaired) electrons. The molecule has 0 saturated carbocycles. The highest BCUT2D eigenvalue weighted by molar-refractivity contribution is 6.10. The second-order valence-electron chi connectivity index (χ2n) is 11.6. The molecule has 220 valence electrons. The minimum Gasteiger partial charge on any atom is -0.457 e. The summed E-state index contributed by atoms with van der Waals surface area (Å²) >= 11 is 0. The summed E-state index contributed by atoms with van der Waals surface area (Å²) in [5, 5.41) is 8.12. The third-order valence-electron chi connectivity index (χ3n) is 8.77. The number of hydrogen-bond donors (Lipinski definition) is 2. The molecule has 6 aromatic rings. The van der Waals surface area contributed by atoms with Gasteiger partial charge in [0.1, 0.15) is 17.3 Å².